The van der Waals surface area contributed by atoms with E-state index in [1.165, 1.54) is 0 Å². The van der Waals surface area contributed by atoms with Gasteiger partial charge in [0.15, 0.2) is 5.96 Å². The third-order valence-electron chi connectivity index (χ3n) is 0.572. The SMILES string of the molecule is C#CCNC(=O)N=C(N)N. The monoisotopic (exact) mass is 140 g/mol. The summed E-state index contributed by atoms with van der Waals surface area (Å²) in [5.41, 5.74) is 9.76. The van der Waals surface area contributed by atoms with Gasteiger partial charge in [0.05, 0.1) is 6.54 Å². The van der Waals surface area contributed by atoms with Gasteiger partial charge in [-0.2, -0.15) is 4.99 Å². The Morgan fingerprint density at radius 3 is 2.70 bits per heavy atom. The lowest BCUT2D eigenvalue weighted by Gasteiger charge is -1.93. The summed E-state index contributed by atoms with van der Waals surface area (Å²) in [6, 6.07) is -0.627. The van der Waals surface area contributed by atoms with Crippen molar-refractivity contribution in [3.05, 3.63) is 0 Å². The minimum Gasteiger partial charge on any atom is -0.370 e. The summed E-state index contributed by atoms with van der Waals surface area (Å²) in [6.45, 7) is 0.121. The van der Waals surface area contributed by atoms with Gasteiger partial charge in [-0.25, -0.2) is 4.79 Å². The lowest BCUT2D eigenvalue weighted by atomic mass is 10.7. The molecule has 5 heteroatoms. The zero-order valence-electron chi connectivity index (χ0n) is 5.29. The number of nitrogens with two attached hydrogens (primary N) is 2. The van der Waals surface area contributed by atoms with E-state index in [0.29, 0.717) is 0 Å². The molecule has 2 amide bonds. The number of carbonyl (C=O) groups is 1. The molecule has 54 valence electrons. The van der Waals surface area contributed by atoms with E-state index in [1.807, 2.05) is 0 Å². The number of hydrogen-bond acceptors (Lipinski definition) is 1. The summed E-state index contributed by atoms with van der Waals surface area (Å²) >= 11 is 0. The molecule has 0 saturated carbocycles. The van der Waals surface area contributed by atoms with E-state index in [-0.39, 0.29) is 12.5 Å². The van der Waals surface area contributed by atoms with Crippen molar-refractivity contribution < 1.29 is 4.79 Å². The molecule has 5 N–H and O–H groups in total. The van der Waals surface area contributed by atoms with Crippen molar-refractivity contribution in [2.24, 2.45) is 16.5 Å². The topological polar surface area (TPSA) is 93.5 Å². The molecule has 0 rings (SSSR count). The molecule has 0 aliphatic carbocycles. The third kappa shape index (κ3) is 4.46. The van der Waals surface area contributed by atoms with Gasteiger partial charge >= 0.3 is 6.03 Å². The van der Waals surface area contributed by atoms with E-state index in [0.717, 1.165) is 0 Å². The van der Waals surface area contributed by atoms with E-state index < -0.39 is 6.03 Å². The summed E-state index contributed by atoms with van der Waals surface area (Å²) < 4.78 is 0. The van der Waals surface area contributed by atoms with Crippen LogP contribution in [0.3, 0.4) is 0 Å². The van der Waals surface area contributed by atoms with Crippen LogP contribution in [0.4, 0.5) is 4.79 Å². The molecule has 0 aromatic carbocycles. The number of aliphatic imine (C=N–C) groups is 1. The van der Waals surface area contributed by atoms with Crippen molar-refractivity contribution in [3.63, 3.8) is 0 Å². The lowest BCUT2D eigenvalue weighted by molar-refractivity contribution is 0.250. The van der Waals surface area contributed by atoms with E-state index in [4.69, 9.17) is 17.9 Å². The molecule has 10 heavy (non-hydrogen) atoms. The van der Waals surface area contributed by atoms with Crippen LogP contribution in [-0.4, -0.2) is 18.5 Å². The normalized spacial score (nSPS) is 7.50. The molecule has 0 aromatic rings. The fourth-order valence-electron chi connectivity index (χ4n) is 0.283. The van der Waals surface area contributed by atoms with Crippen LogP contribution in [0.25, 0.3) is 0 Å². The van der Waals surface area contributed by atoms with Crippen molar-refractivity contribution in [2.75, 3.05) is 6.54 Å². The van der Waals surface area contributed by atoms with Crippen molar-refractivity contribution in [1.82, 2.24) is 5.32 Å². The fraction of sp³-hybridized carbons (Fsp3) is 0.200. The van der Waals surface area contributed by atoms with Crippen LogP contribution in [0.1, 0.15) is 0 Å². The molecular weight excluding hydrogens is 132 g/mol. The molecule has 0 aromatic heterocycles. The number of urea groups is 1. The molecule has 0 saturated heterocycles. The first-order chi connectivity index (χ1) is 4.66. The van der Waals surface area contributed by atoms with Crippen LogP contribution in [0, 0.1) is 12.3 Å². The molecule has 0 fully saturated rings. The number of hydrogen-bond donors (Lipinski definition) is 3. The van der Waals surface area contributed by atoms with E-state index in [2.05, 4.69) is 16.2 Å². The fourth-order valence-corrected chi connectivity index (χ4v) is 0.283. The highest BCUT2D eigenvalue weighted by atomic mass is 16.2. The molecule has 0 aliphatic heterocycles. The molecule has 0 aliphatic rings. The summed E-state index contributed by atoms with van der Waals surface area (Å²) in [7, 11) is 0. The van der Waals surface area contributed by atoms with Crippen LogP contribution in [-0.2, 0) is 0 Å². The van der Waals surface area contributed by atoms with E-state index >= 15 is 0 Å². The van der Waals surface area contributed by atoms with Gasteiger partial charge in [0.1, 0.15) is 0 Å². The molecule has 0 bridgehead atoms. The van der Waals surface area contributed by atoms with Crippen molar-refractivity contribution in [2.45, 2.75) is 0 Å². The van der Waals surface area contributed by atoms with Gasteiger partial charge in [-0.15, -0.1) is 6.42 Å². The van der Waals surface area contributed by atoms with Gasteiger partial charge in [0.2, 0.25) is 0 Å². The number of nitrogens with zero attached hydrogens (tertiary/aromatic N) is 1. The summed E-state index contributed by atoms with van der Waals surface area (Å²) in [4.78, 5) is 13.6. The summed E-state index contributed by atoms with van der Waals surface area (Å²) in [6.07, 6.45) is 4.83. The second kappa shape index (κ2) is 4.21. The third-order valence-corrected chi connectivity index (χ3v) is 0.572. The molecule has 0 unspecified atom stereocenters. The Morgan fingerprint density at radius 2 is 2.30 bits per heavy atom. The van der Waals surface area contributed by atoms with Gasteiger partial charge in [-0.3, -0.25) is 0 Å². The minimum absolute atomic E-state index is 0.121. The largest absolute Gasteiger partial charge is 0.370 e. The van der Waals surface area contributed by atoms with E-state index in [1.54, 1.807) is 0 Å². The number of carbonyl (C=O) groups excluding carboxylic acids is 1. The Bertz CT molecular complexity index is 186. The molecule has 0 heterocycles. The van der Waals surface area contributed by atoms with Gasteiger partial charge in [-0.05, 0) is 0 Å². The first-order valence-electron chi connectivity index (χ1n) is 2.47. The van der Waals surface area contributed by atoms with Crippen molar-refractivity contribution in [1.29, 1.82) is 0 Å². The quantitative estimate of drug-likeness (QED) is 0.237. The standard InChI is InChI=1S/C5H8N4O/c1-2-3-8-5(10)9-4(6)7/h1H,3H2,(H5,6,7,8,9,10). The maximum atomic E-state index is 10.5. The number of amides is 2. The number of guanidine groups is 1. The highest BCUT2D eigenvalue weighted by Gasteiger charge is 1.93. The second-order valence-electron chi connectivity index (χ2n) is 1.40. The molecule has 0 radical (unpaired) electrons. The van der Waals surface area contributed by atoms with Crippen LogP contribution in [0.2, 0.25) is 0 Å². The summed E-state index contributed by atoms with van der Waals surface area (Å²) in [5, 5.41) is 2.24. The maximum absolute atomic E-state index is 10.5. The Balaban J connectivity index is 3.68. The predicted octanol–water partition coefficient (Wildman–Crippen LogP) is -1.40. The minimum atomic E-state index is -0.627. The van der Waals surface area contributed by atoms with Crippen LogP contribution >= 0.6 is 0 Å². The first kappa shape index (κ1) is 8.30. The Hall–Kier alpha value is -1.70. The van der Waals surface area contributed by atoms with E-state index in [9.17, 15) is 4.79 Å². The van der Waals surface area contributed by atoms with Crippen LogP contribution in [0.5, 0.6) is 0 Å². The molecular formula is C5H8N4O. The highest BCUT2D eigenvalue weighted by Crippen LogP contribution is 1.69. The number of nitrogens with one attached hydrogen (secondary N) is 1. The Labute approximate surface area is 58.5 Å². The molecule has 0 atom stereocenters. The van der Waals surface area contributed by atoms with Gasteiger partial charge in [-0.1, -0.05) is 5.92 Å². The molecule has 5 nitrogen and oxygen atoms in total. The maximum Gasteiger partial charge on any atom is 0.344 e. The lowest BCUT2D eigenvalue weighted by Crippen LogP contribution is -2.28. The molecule has 0 spiro atoms. The highest BCUT2D eigenvalue weighted by molar-refractivity contribution is 5.90. The first-order valence-corrected chi connectivity index (χ1v) is 2.47. The van der Waals surface area contributed by atoms with Crippen molar-refractivity contribution >= 4 is 12.0 Å². The smallest absolute Gasteiger partial charge is 0.344 e. The Kier molecular flexibility index (Phi) is 3.49. The average molecular weight is 140 g/mol. The van der Waals surface area contributed by atoms with Crippen LogP contribution in [0.15, 0.2) is 4.99 Å². The number of terminal acetylenes is 1. The van der Waals surface area contributed by atoms with Gasteiger partial charge in [0.25, 0.3) is 0 Å². The van der Waals surface area contributed by atoms with Crippen molar-refractivity contribution in [3.8, 4) is 12.3 Å². The van der Waals surface area contributed by atoms with Gasteiger partial charge < -0.3 is 16.8 Å². The van der Waals surface area contributed by atoms with Crippen LogP contribution < -0.4 is 16.8 Å². The number of rotatable bonds is 1. The average Bonchev–Trinajstić information content (AvgIpc) is 1.82. The second-order valence-corrected chi connectivity index (χ2v) is 1.40. The van der Waals surface area contributed by atoms with Gasteiger partial charge in [0, 0.05) is 0 Å². The zero-order chi connectivity index (χ0) is 7.98. The summed E-state index contributed by atoms with van der Waals surface area (Å²) in [5.74, 6) is 1.91. The predicted molar refractivity (Wildman–Crippen MR) is 38.0 cm³/mol. The zero-order valence-corrected chi connectivity index (χ0v) is 5.29. The Morgan fingerprint density at radius 1 is 1.70 bits per heavy atom.